The van der Waals surface area contributed by atoms with Crippen LogP contribution in [0.4, 0.5) is 14.5 Å². The van der Waals surface area contributed by atoms with Gasteiger partial charge in [-0.2, -0.15) is 0 Å². The van der Waals surface area contributed by atoms with E-state index in [0.717, 1.165) is 36.4 Å². The number of nitrogens with one attached hydrogen (secondary N) is 2. The molecule has 24 heavy (non-hydrogen) atoms. The van der Waals surface area contributed by atoms with Crippen LogP contribution in [0.15, 0.2) is 18.2 Å². The van der Waals surface area contributed by atoms with Gasteiger partial charge in [-0.05, 0) is 44.9 Å². The van der Waals surface area contributed by atoms with E-state index >= 15 is 0 Å². The molecule has 2 heterocycles. The van der Waals surface area contributed by atoms with Crippen molar-refractivity contribution in [3.8, 4) is 0 Å². The molecule has 1 aromatic rings. The molecule has 2 saturated heterocycles. The molecule has 0 saturated carbocycles. The minimum atomic E-state index is -0.775. The normalized spacial score (nSPS) is 27.4. The molecule has 0 aliphatic carbocycles. The highest BCUT2D eigenvalue weighted by atomic mass is 19.1. The minimum absolute atomic E-state index is 0.131. The Balaban J connectivity index is 1.67. The molecule has 2 N–H and O–H groups in total. The van der Waals surface area contributed by atoms with Crippen LogP contribution in [0.1, 0.15) is 26.2 Å². The van der Waals surface area contributed by atoms with E-state index in [1.54, 1.807) is 0 Å². The molecule has 3 rings (SSSR count). The van der Waals surface area contributed by atoms with Crippen molar-refractivity contribution in [1.82, 2.24) is 10.6 Å². The summed E-state index contributed by atoms with van der Waals surface area (Å²) in [5.74, 6) is -2.30. The zero-order valence-corrected chi connectivity index (χ0v) is 13.5. The predicted molar refractivity (Wildman–Crippen MR) is 85.4 cm³/mol. The first-order valence-electron chi connectivity index (χ1n) is 8.26. The van der Waals surface area contributed by atoms with Crippen LogP contribution in [-0.4, -0.2) is 37.0 Å². The molecule has 130 valence electrons. The highest BCUT2D eigenvalue weighted by Gasteiger charge is 2.37. The standard InChI is InChI=1S/C17H21F2N3O2/c1-10-9-11(5-7-20-10)16(23)21-14-6-8-22(17(14)24)15-12(18)3-2-4-13(15)19/h2-4,10-11,14,20H,5-9H2,1H3,(H,21,23)/t10-,11-,14?/m0/s1. The molecule has 7 heteroatoms. The molecule has 3 atom stereocenters. The van der Waals surface area contributed by atoms with E-state index in [4.69, 9.17) is 0 Å². The van der Waals surface area contributed by atoms with Crippen molar-refractivity contribution in [1.29, 1.82) is 0 Å². The molecule has 2 aliphatic rings. The van der Waals surface area contributed by atoms with Gasteiger partial charge in [-0.3, -0.25) is 9.59 Å². The summed E-state index contributed by atoms with van der Waals surface area (Å²) in [6, 6.07) is 3.04. The van der Waals surface area contributed by atoms with E-state index in [0.29, 0.717) is 6.42 Å². The van der Waals surface area contributed by atoms with Gasteiger partial charge in [0.25, 0.3) is 0 Å². The summed E-state index contributed by atoms with van der Waals surface area (Å²) in [4.78, 5) is 25.9. The maximum Gasteiger partial charge on any atom is 0.249 e. The molecule has 2 amide bonds. The summed E-state index contributed by atoms with van der Waals surface area (Å²) in [7, 11) is 0. The lowest BCUT2D eigenvalue weighted by molar-refractivity contribution is -0.130. The average molecular weight is 337 g/mol. The number of amides is 2. The Bertz CT molecular complexity index is 632. The van der Waals surface area contributed by atoms with Crippen LogP contribution < -0.4 is 15.5 Å². The molecule has 5 nitrogen and oxygen atoms in total. The summed E-state index contributed by atoms with van der Waals surface area (Å²) < 4.78 is 27.7. The Morgan fingerprint density at radius 3 is 2.67 bits per heavy atom. The Morgan fingerprint density at radius 2 is 2.00 bits per heavy atom. The molecule has 0 spiro atoms. The highest BCUT2D eigenvalue weighted by Crippen LogP contribution is 2.28. The van der Waals surface area contributed by atoms with Gasteiger partial charge in [0, 0.05) is 18.5 Å². The van der Waals surface area contributed by atoms with E-state index in [9.17, 15) is 18.4 Å². The van der Waals surface area contributed by atoms with E-state index in [2.05, 4.69) is 10.6 Å². The third kappa shape index (κ3) is 3.26. The van der Waals surface area contributed by atoms with Crippen LogP contribution in [-0.2, 0) is 9.59 Å². The van der Waals surface area contributed by atoms with Crippen molar-refractivity contribution in [3.63, 3.8) is 0 Å². The molecule has 1 unspecified atom stereocenters. The zero-order chi connectivity index (χ0) is 17.3. The second-order valence-electron chi connectivity index (χ2n) is 6.49. The smallest absolute Gasteiger partial charge is 0.249 e. The first kappa shape index (κ1) is 16.8. The molecule has 2 aliphatic heterocycles. The summed E-state index contributed by atoms with van der Waals surface area (Å²) in [5, 5.41) is 6.03. The summed E-state index contributed by atoms with van der Waals surface area (Å²) >= 11 is 0. The summed E-state index contributed by atoms with van der Waals surface area (Å²) in [6.45, 7) is 2.97. The van der Waals surface area contributed by atoms with Crippen LogP contribution in [0.5, 0.6) is 0 Å². The fraction of sp³-hybridized carbons (Fsp3) is 0.529. The Labute approximate surface area is 139 Å². The topological polar surface area (TPSA) is 61.4 Å². The van der Waals surface area contributed by atoms with Crippen molar-refractivity contribution in [2.45, 2.75) is 38.3 Å². The zero-order valence-electron chi connectivity index (χ0n) is 13.5. The maximum absolute atomic E-state index is 13.9. The molecule has 0 radical (unpaired) electrons. The van der Waals surface area contributed by atoms with Crippen LogP contribution in [0, 0.1) is 17.6 Å². The summed E-state index contributed by atoms with van der Waals surface area (Å²) in [5.41, 5.74) is -0.338. The number of carbonyl (C=O) groups excluding carboxylic acids is 2. The number of rotatable bonds is 3. The van der Waals surface area contributed by atoms with Crippen molar-refractivity contribution in [2.75, 3.05) is 18.0 Å². The number of hydrogen-bond acceptors (Lipinski definition) is 3. The minimum Gasteiger partial charge on any atom is -0.344 e. The molecule has 2 fully saturated rings. The maximum atomic E-state index is 13.9. The molecule has 1 aromatic carbocycles. The highest BCUT2D eigenvalue weighted by molar-refractivity contribution is 6.01. The lowest BCUT2D eigenvalue weighted by Gasteiger charge is -2.28. The molecule has 0 aromatic heterocycles. The quantitative estimate of drug-likeness (QED) is 0.880. The van der Waals surface area contributed by atoms with Crippen LogP contribution in [0.25, 0.3) is 0 Å². The largest absolute Gasteiger partial charge is 0.344 e. The van der Waals surface area contributed by atoms with Crippen molar-refractivity contribution in [3.05, 3.63) is 29.8 Å². The second-order valence-corrected chi connectivity index (χ2v) is 6.49. The summed E-state index contributed by atoms with van der Waals surface area (Å²) in [6.07, 6.45) is 1.79. The van der Waals surface area contributed by atoms with Gasteiger partial charge >= 0.3 is 0 Å². The third-order valence-corrected chi connectivity index (χ3v) is 4.72. The van der Waals surface area contributed by atoms with Crippen LogP contribution in [0.2, 0.25) is 0 Å². The molecular formula is C17H21F2N3O2. The van der Waals surface area contributed by atoms with Gasteiger partial charge in [0.1, 0.15) is 23.4 Å². The van der Waals surface area contributed by atoms with Gasteiger partial charge < -0.3 is 15.5 Å². The number of para-hydroxylation sites is 1. The number of anilines is 1. The molecular weight excluding hydrogens is 316 g/mol. The Hall–Kier alpha value is -2.02. The Kier molecular flexibility index (Phi) is 4.80. The third-order valence-electron chi connectivity index (χ3n) is 4.72. The first-order chi connectivity index (χ1) is 11.5. The first-order valence-corrected chi connectivity index (χ1v) is 8.26. The second kappa shape index (κ2) is 6.84. The number of benzene rings is 1. The number of piperidine rings is 1. The van der Waals surface area contributed by atoms with E-state index in [1.807, 2.05) is 6.92 Å². The van der Waals surface area contributed by atoms with Crippen LogP contribution >= 0.6 is 0 Å². The number of halogens is 2. The average Bonchev–Trinajstić information content (AvgIpc) is 2.88. The lowest BCUT2D eigenvalue weighted by atomic mass is 9.92. The van der Waals surface area contributed by atoms with Crippen molar-refractivity contribution >= 4 is 17.5 Å². The number of carbonyl (C=O) groups is 2. The van der Waals surface area contributed by atoms with Gasteiger partial charge in [0.2, 0.25) is 11.8 Å². The van der Waals surface area contributed by atoms with Gasteiger partial charge in [-0.1, -0.05) is 6.07 Å². The van der Waals surface area contributed by atoms with Gasteiger partial charge in [-0.15, -0.1) is 0 Å². The Morgan fingerprint density at radius 1 is 1.29 bits per heavy atom. The van der Waals surface area contributed by atoms with E-state index < -0.39 is 23.6 Å². The van der Waals surface area contributed by atoms with Gasteiger partial charge in [0.15, 0.2) is 0 Å². The lowest BCUT2D eigenvalue weighted by Crippen LogP contribution is -2.47. The monoisotopic (exact) mass is 337 g/mol. The fourth-order valence-corrected chi connectivity index (χ4v) is 3.44. The van der Waals surface area contributed by atoms with Gasteiger partial charge in [-0.25, -0.2) is 8.78 Å². The SMILES string of the molecule is C[C@H]1C[C@@H](C(=O)NC2CCN(c3c(F)cccc3F)C2=O)CCN1. The predicted octanol–water partition coefficient (Wildman–Crippen LogP) is 1.57. The van der Waals surface area contributed by atoms with Crippen molar-refractivity contribution < 1.29 is 18.4 Å². The van der Waals surface area contributed by atoms with E-state index in [-0.39, 0.29) is 30.1 Å². The number of nitrogens with zero attached hydrogens (tertiary/aromatic N) is 1. The van der Waals surface area contributed by atoms with Gasteiger partial charge in [0.05, 0.1) is 0 Å². The molecule has 0 bridgehead atoms. The van der Waals surface area contributed by atoms with Crippen molar-refractivity contribution in [2.24, 2.45) is 5.92 Å². The number of hydrogen-bond donors (Lipinski definition) is 2. The van der Waals surface area contributed by atoms with Crippen LogP contribution in [0.3, 0.4) is 0 Å². The fourth-order valence-electron chi connectivity index (χ4n) is 3.44. The van der Waals surface area contributed by atoms with E-state index in [1.165, 1.54) is 6.07 Å².